The van der Waals surface area contributed by atoms with Crippen molar-refractivity contribution in [2.24, 2.45) is 5.92 Å². The largest absolute Gasteiger partial charge is 0.463 e. The van der Waals surface area contributed by atoms with E-state index in [9.17, 15) is 9.59 Å². The molecule has 10 heteroatoms. The van der Waals surface area contributed by atoms with Gasteiger partial charge in [-0.25, -0.2) is 9.59 Å². The molecule has 1 atom stereocenters. The molecule has 160 valence electrons. The van der Waals surface area contributed by atoms with Gasteiger partial charge in [0.25, 0.3) is 0 Å². The molecule has 2 heterocycles. The van der Waals surface area contributed by atoms with Crippen LogP contribution in [0.25, 0.3) is 0 Å². The summed E-state index contributed by atoms with van der Waals surface area (Å²) >= 11 is 2.86. The fourth-order valence-electron chi connectivity index (χ4n) is 2.84. The van der Waals surface area contributed by atoms with Gasteiger partial charge in [-0.15, -0.1) is 10.2 Å². The number of anilines is 1. The van der Waals surface area contributed by atoms with Gasteiger partial charge < -0.3 is 20.7 Å². The molecule has 30 heavy (non-hydrogen) atoms. The fraction of sp³-hybridized carbons (Fsp3) is 0.400. The number of aromatic nitrogens is 2. The topological polar surface area (TPSA) is 105 Å². The molecule has 1 aromatic carbocycles. The first-order valence-electron chi connectivity index (χ1n) is 9.70. The van der Waals surface area contributed by atoms with Gasteiger partial charge in [0.15, 0.2) is 4.34 Å². The molecule has 0 fully saturated rings. The van der Waals surface area contributed by atoms with Crippen LogP contribution >= 0.6 is 23.1 Å². The van der Waals surface area contributed by atoms with Gasteiger partial charge in [-0.1, -0.05) is 67.3 Å². The van der Waals surface area contributed by atoms with Crippen LogP contribution in [0.1, 0.15) is 32.4 Å². The molecule has 1 aliphatic rings. The normalized spacial score (nSPS) is 16.3. The van der Waals surface area contributed by atoms with Crippen molar-refractivity contribution in [1.82, 2.24) is 20.8 Å². The number of thioether (sulfide) groups is 1. The fourth-order valence-corrected chi connectivity index (χ4v) is 4.57. The molecule has 2 amide bonds. The van der Waals surface area contributed by atoms with Crippen LogP contribution in [0.3, 0.4) is 0 Å². The molecule has 3 N–H and O–H groups in total. The number of urea groups is 1. The summed E-state index contributed by atoms with van der Waals surface area (Å²) in [7, 11) is 0. The highest BCUT2D eigenvalue weighted by Crippen LogP contribution is 2.32. The van der Waals surface area contributed by atoms with Crippen molar-refractivity contribution in [3.05, 3.63) is 47.2 Å². The van der Waals surface area contributed by atoms with E-state index < -0.39 is 12.0 Å². The number of nitrogens with zero attached hydrogens (tertiary/aromatic N) is 2. The Hall–Kier alpha value is -2.59. The summed E-state index contributed by atoms with van der Waals surface area (Å²) in [5.74, 6) is 0.414. The van der Waals surface area contributed by atoms with Crippen LogP contribution in [-0.2, 0) is 9.53 Å². The van der Waals surface area contributed by atoms with E-state index in [1.807, 2.05) is 30.3 Å². The second-order valence-corrected chi connectivity index (χ2v) is 9.19. The van der Waals surface area contributed by atoms with E-state index in [-0.39, 0.29) is 12.6 Å². The van der Waals surface area contributed by atoms with E-state index in [0.29, 0.717) is 22.9 Å². The highest BCUT2D eigenvalue weighted by molar-refractivity contribution is 8.01. The quantitative estimate of drug-likeness (QED) is 0.399. The lowest BCUT2D eigenvalue weighted by Gasteiger charge is -2.29. The Labute approximate surface area is 183 Å². The monoisotopic (exact) mass is 447 g/mol. The van der Waals surface area contributed by atoms with Crippen molar-refractivity contribution in [3.8, 4) is 0 Å². The van der Waals surface area contributed by atoms with Crippen LogP contribution < -0.4 is 16.0 Å². The molecule has 0 bridgehead atoms. The molecule has 2 aromatic rings. The highest BCUT2D eigenvalue weighted by atomic mass is 32.2. The molecule has 3 rings (SSSR count). The Morgan fingerprint density at radius 1 is 1.30 bits per heavy atom. The number of hydrogen-bond acceptors (Lipinski definition) is 8. The minimum Gasteiger partial charge on any atom is -0.463 e. The number of rotatable bonds is 9. The Kier molecular flexibility index (Phi) is 7.69. The smallest absolute Gasteiger partial charge is 0.338 e. The molecule has 0 spiro atoms. The third-order valence-corrected chi connectivity index (χ3v) is 6.23. The van der Waals surface area contributed by atoms with Crippen LogP contribution in [0.15, 0.2) is 45.9 Å². The van der Waals surface area contributed by atoms with Crippen molar-refractivity contribution in [1.29, 1.82) is 0 Å². The third-order valence-electron chi connectivity index (χ3n) is 4.19. The maximum atomic E-state index is 12.7. The molecular weight excluding hydrogens is 422 g/mol. The van der Waals surface area contributed by atoms with Crippen LogP contribution in [-0.4, -0.2) is 41.1 Å². The molecule has 0 aliphatic carbocycles. The van der Waals surface area contributed by atoms with Crippen molar-refractivity contribution < 1.29 is 14.3 Å². The number of amides is 2. The molecule has 1 aliphatic heterocycles. The van der Waals surface area contributed by atoms with E-state index in [1.54, 1.807) is 6.92 Å². The van der Waals surface area contributed by atoms with Gasteiger partial charge in [0.1, 0.15) is 0 Å². The van der Waals surface area contributed by atoms with Crippen LogP contribution in [0.4, 0.5) is 9.93 Å². The van der Waals surface area contributed by atoms with Gasteiger partial charge >= 0.3 is 12.0 Å². The number of carbonyl (C=O) groups excluding carboxylic acids is 2. The zero-order valence-electron chi connectivity index (χ0n) is 17.1. The summed E-state index contributed by atoms with van der Waals surface area (Å²) < 4.78 is 6.03. The molecule has 0 radical (unpaired) electrons. The number of esters is 1. The van der Waals surface area contributed by atoms with Gasteiger partial charge in [0.2, 0.25) is 5.13 Å². The SMILES string of the molecule is CCOC(=O)C1=C(CSc2nnc(NCC(C)C)s2)NC(=O)NC1c1ccccc1. The lowest BCUT2D eigenvalue weighted by atomic mass is 9.95. The number of ether oxygens (including phenoxy) is 1. The first-order valence-corrected chi connectivity index (χ1v) is 11.5. The van der Waals surface area contributed by atoms with Gasteiger partial charge in [0, 0.05) is 18.0 Å². The zero-order valence-corrected chi connectivity index (χ0v) is 18.7. The highest BCUT2D eigenvalue weighted by Gasteiger charge is 2.33. The minimum absolute atomic E-state index is 0.249. The lowest BCUT2D eigenvalue weighted by molar-refractivity contribution is -0.139. The van der Waals surface area contributed by atoms with Crippen LogP contribution in [0.5, 0.6) is 0 Å². The Balaban J connectivity index is 1.82. The maximum Gasteiger partial charge on any atom is 0.338 e. The number of hydrogen-bond donors (Lipinski definition) is 3. The molecule has 0 saturated carbocycles. The zero-order chi connectivity index (χ0) is 21.5. The van der Waals surface area contributed by atoms with Crippen molar-refractivity contribution in [2.45, 2.75) is 31.2 Å². The summed E-state index contributed by atoms with van der Waals surface area (Å²) in [4.78, 5) is 25.0. The summed E-state index contributed by atoms with van der Waals surface area (Å²) in [6, 6.07) is 8.44. The van der Waals surface area contributed by atoms with Crippen LogP contribution in [0.2, 0.25) is 0 Å². The standard InChI is InChI=1S/C20H25N5O3S2/c1-4-28-17(26)15-14(11-29-20-25-24-19(30-20)21-10-12(2)3)22-18(27)23-16(15)13-8-6-5-7-9-13/h5-9,12,16H,4,10-11H2,1-3H3,(H,21,24)(H2,22,23,27). The summed E-state index contributed by atoms with van der Waals surface area (Å²) in [5, 5.41) is 17.9. The minimum atomic E-state index is -0.577. The Morgan fingerprint density at radius 2 is 2.07 bits per heavy atom. The second-order valence-electron chi connectivity index (χ2n) is 6.99. The van der Waals surface area contributed by atoms with Crippen molar-refractivity contribution in [3.63, 3.8) is 0 Å². The lowest BCUT2D eigenvalue weighted by Crippen LogP contribution is -2.46. The van der Waals surface area contributed by atoms with E-state index >= 15 is 0 Å². The Bertz CT molecular complexity index is 914. The molecule has 0 saturated heterocycles. The Morgan fingerprint density at radius 3 is 2.77 bits per heavy atom. The van der Waals surface area contributed by atoms with Gasteiger partial charge in [-0.2, -0.15) is 0 Å². The number of carbonyl (C=O) groups is 2. The molecular formula is C20H25N5O3S2. The predicted molar refractivity (Wildman–Crippen MR) is 118 cm³/mol. The summed E-state index contributed by atoms with van der Waals surface area (Å²) in [6.45, 7) is 7.07. The van der Waals surface area contributed by atoms with Gasteiger partial charge in [-0.3, -0.25) is 0 Å². The van der Waals surface area contributed by atoms with E-state index in [1.165, 1.54) is 23.1 Å². The number of benzene rings is 1. The van der Waals surface area contributed by atoms with E-state index in [2.05, 4.69) is 40.0 Å². The number of nitrogens with one attached hydrogen (secondary N) is 3. The summed E-state index contributed by atoms with van der Waals surface area (Å²) in [6.07, 6.45) is 0. The van der Waals surface area contributed by atoms with E-state index in [4.69, 9.17) is 4.74 Å². The third kappa shape index (κ3) is 5.73. The van der Waals surface area contributed by atoms with Gasteiger partial charge in [0.05, 0.1) is 18.2 Å². The van der Waals surface area contributed by atoms with Gasteiger partial charge in [-0.05, 0) is 18.4 Å². The van der Waals surface area contributed by atoms with E-state index in [0.717, 1.165) is 21.6 Å². The molecule has 8 nitrogen and oxygen atoms in total. The maximum absolute atomic E-state index is 12.7. The second kappa shape index (κ2) is 10.4. The van der Waals surface area contributed by atoms with Crippen molar-refractivity contribution >= 4 is 40.2 Å². The van der Waals surface area contributed by atoms with Crippen LogP contribution in [0, 0.1) is 5.92 Å². The molecule has 1 aromatic heterocycles. The average molecular weight is 448 g/mol. The summed E-state index contributed by atoms with van der Waals surface area (Å²) in [5.41, 5.74) is 1.73. The first kappa shape index (κ1) is 22.1. The van der Waals surface area contributed by atoms with Crippen molar-refractivity contribution in [2.75, 3.05) is 24.2 Å². The average Bonchev–Trinajstić information content (AvgIpc) is 3.19. The molecule has 1 unspecified atom stereocenters. The first-order chi connectivity index (χ1) is 14.5. The predicted octanol–water partition coefficient (Wildman–Crippen LogP) is 3.57.